The summed E-state index contributed by atoms with van der Waals surface area (Å²) in [6.07, 6.45) is 3.17. The summed E-state index contributed by atoms with van der Waals surface area (Å²) in [5.74, 6) is -3.12. The van der Waals surface area contributed by atoms with E-state index in [2.05, 4.69) is 15.2 Å². The van der Waals surface area contributed by atoms with E-state index in [1.807, 2.05) is 0 Å². The molecule has 2 saturated heterocycles. The van der Waals surface area contributed by atoms with Gasteiger partial charge in [0.1, 0.15) is 6.54 Å². The van der Waals surface area contributed by atoms with Gasteiger partial charge in [-0.2, -0.15) is 8.78 Å². The predicted molar refractivity (Wildman–Crippen MR) is 111 cm³/mol. The van der Waals surface area contributed by atoms with Crippen molar-refractivity contribution >= 4 is 38.5 Å². The molecule has 0 radical (unpaired) electrons. The molecule has 2 atom stereocenters. The number of amides is 1. The molecule has 1 amide bonds. The van der Waals surface area contributed by atoms with Crippen LogP contribution in [0.5, 0.6) is 0 Å². The van der Waals surface area contributed by atoms with Crippen molar-refractivity contribution in [2.75, 3.05) is 24.6 Å². The van der Waals surface area contributed by atoms with Crippen molar-refractivity contribution in [1.82, 2.24) is 19.8 Å². The van der Waals surface area contributed by atoms with Crippen LogP contribution in [0, 0.1) is 0 Å². The summed E-state index contributed by atoms with van der Waals surface area (Å²) in [6, 6.07) is 6.20. The normalized spacial score (nSPS) is 24.5. The molecule has 1 aromatic carbocycles. The largest absolute Gasteiger partial charge is 0.349 e. The number of hydrogen-bond donors (Lipinski definition) is 1. The molecule has 7 nitrogen and oxygen atoms in total. The van der Waals surface area contributed by atoms with Crippen molar-refractivity contribution in [2.45, 2.75) is 48.8 Å². The fourth-order valence-electron chi connectivity index (χ4n) is 4.35. The Morgan fingerprint density at radius 1 is 1.20 bits per heavy atom. The number of hydrogen-bond acceptors (Lipinski definition) is 6. The lowest BCUT2D eigenvalue weighted by Gasteiger charge is -2.35. The van der Waals surface area contributed by atoms with Crippen molar-refractivity contribution in [1.29, 1.82) is 0 Å². The van der Waals surface area contributed by atoms with Crippen LogP contribution >= 0.6 is 11.8 Å². The number of piperidine rings is 1. The third-order valence-corrected chi connectivity index (χ3v) is 8.06. The number of rotatable bonds is 6. The van der Waals surface area contributed by atoms with Crippen LogP contribution in [0.4, 0.5) is 8.78 Å². The molecular weight excluding hydrogens is 434 g/mol. The number of aromatic nitrogens is 2. The molecule has 4 rings (SSSR count). The minimum atomic E-state index is -3.24. The number of imidazole rings is 1. The highest BCUT2D eigenvalue weighted by molar-refractivity contribution is 7.99. The summed E-state index contributed by atoms with van der Waals surface area (Å²) < 4.78 is 51.9. The second-order valence-electron chi connectivity index (χ2n) is 7.76. The van der Waals surface area contributed by atoms with Gasteiger partial charge in [0, 0.05) is 6.04 Å². The van der Waals surface area contributed by atoms with Crippen LogP contribution in [-0.4, -0.2) is 71.2 Å². The van der Waals surface area contributed by atoms with E-state index >= 15 is 0 Å². The molecular formula is C19H24F2N4O3S2. The lowest BCUT2D eigenvalue weighted by molar-refractivity contribution is -0.122. The molecule has 0 aliphatic carbocycles. The number of halogens is 2. The van der Waals surface area contributed by atoms with Crippen LogP contribution < -0.4 is 5.32 Å². The second kappa shape index (κ2) is 8.80. The highest BCUT2D eigenvalue weighted by Gasteiger charge is 2.42. The number of carbonyl (C=O) groups is 1. The van der Waals surface area contributed by atoms with Gasteiger partial charge < -0.3 is 9.88 Å². The Morgan fingerprint density at radius 3 is 2.67 bits per heavy atom. The number of alkyl halides is 2. The number of nitrogens with zero attached hydrogens (tertiary/aromatic N) is 3. The molecule has 0 spiro atoms. The maximum Gasteiger partial charge on any atom is 0.291 e. The zero-order valence-electron chi connectivity index (χ0n) is 16.3. The van der Waals surface area contributed by atoms with Gasteiger partial charge in [0.15, 0.2) is 15.0 Å². The molecule has 30 heavy (non-hydrogen) atoms. The number of likely N-dealkylation sites (tertiary alicyclic amines) is 1. The number of fused-ring (bicyclic) bond motifs is 1. The van der Waals surface area contributed by atoms with Crippen molar-refractivity contribution in [3.63, 3.8) is 0 Å². The van der Waals surface area contributed by atoms with Crippen molar-refractivity contribution in [2.24, 2.45) is 0 Å². The molecule has 0 bridgehead atoms. The summed E-state index contributed by atoms with van der Waals surface area (Å²) >= 11 is 0.293. The molecule has 2 aliphatic rings. The van der Waals surface area contributed by atoms with Crippen molar-refractivity contribution in [3.8, 4) is 0 Å². The Hall–Kier alpha value is -1.72. The minimum absolute atomic E-state index is 0.0401. The summed E-state index contributed by atoms with van der Waals surface area (Å²) in [6.45, 7) is 1.46. The second-order valence-corrected chi connectivity index (χ2v) is 10.9. The number of nitrogens with one attached hydrogen (secondary N) is 1. The Balaban J connectivity index is 1.52. The smallest absolute Gasteiger partial charge is 0.291 e. The van der Waals surface area contributed by atoms with Gasteiger partial charge in [0.2, 0.25) is 5.91 Å². The first-order valence-corrected chi connectivity index (χ1v) is 12.7. The monoisotopic (exact) mass is 458 g/mol. The quantitative estimate of drug-likeness (QED) is 0.668. The molecule has 11 heteroatoms. The summed E-state index contributed by atoms with van der Waals surface area (Å²) in [5, 5.41) is 2.92. The topological polar surface area (TPSA) is 84.3 Å². The van der Waals surface area contributed by atoms with E-state index in [-0.39, 0.29) is 29.2 Å². The Labute approximate surface area is 178 Å². The number of para-hydroxylation sites is 2. The van der Waals surface area contributed by atoms with Crippen molar-refractivity contribution in [3.05, 3.63) is 24.3 Å². The van der Waals surface area contributed by atoms with Crippen LogP contribution in [0.2, 0.25) is 0 Å². The number of benzene rings is 1. The minimum Gasteiger partial charge on any atom is -0.349 e. The SMILES string of the molecule is O=C(Cn1c(SC(F)F)nc2ccccc21)N[C@@H]1CS(=O)(=O)C[C@H]1N1CCCCC1. The van der Waals surface area contributed by atoms with Crippen LogP contribution in [0.1, 0.15) is 19.3 Å². The summed E-state index contributed by atoms with van der Waals surface area (Å²) in [5.41, 5.74) is 1.12. The van der Waals surface area contributed by atoms with Gasteiger partial charge in [0.25, 0.3) is 5.76 Å². The van der Waals surface area contributed by atoms with Crippen LogP contribution in [0.25, 0.3) is 11.0 Å². The van der Waals surface area contributed by atoms with Gasteiger partial charge in [-0.15, -0.1) is 0 Å². The summed E-state index contributed by atoms with van der Waals surface area (Å²) in [4.78, 5) is 19.2. The standard InChI is InChI=1S/C19H24F2N4O3S2/c20-18(21)29-19-23-13-6-2-3-7-15(13)25(19)10-17(26)22-14-11-30(27,28)12-16(14)24-8-4-1-5-9-24/h2-3,6-7,14,16,18H,1,4-5,8-12H2,(H,22,26)/t14-,16-/m1/s1. The van der Waals surface area contributed by atoms with E-state index in [9.17, 15) is 22.0 Å². The molecule has 0 unspecified atom stereocenters. The first kappa shape index (κ1) is 21.5. The molecule has 2 aliphatic heterocycles. The first-order valence-electron chi connectivity index (χ1n) is 9.96. The fourth-order valence-corrected chi connectivity index (χ4v) is 6.90. The maximum atomic E-state index is 13.0. The highest BCUT2D eigenvalue weighted by Crippen LogP contribution is 2.28. The molecule has 2 fully saturated rings. The van der Waals surface area contributed by atoms with E-state index < -0.39 is 27.5 Å². The molecule has 3 heterocycles. The van der Waals surface area contributed by atoms with Gasteiger partial charge in [-0.05, 0) is 49.8 Å². The average molecular weight is 459 g/mol. The van der Waals surface area contributed by atoms with Crippen LogP contribution in [0.3, 0.4) is 0 Å². The lowest BCUT2D eigenvalue weighted by Crippen LogP contribution is -2.53. The third kappa shape index (κ3) is 4.78. The molecule has 2 aromatic rings. The fraction of sp³-hybridized carbons (Fsp3) is 0.579. The van der Waals surface area contributed by atoms with E-state index in [4.69, 9.17) is 0 Å². The molecule has 1 N–H and O–H groups in total. The molecule has 164 valence electrons. The highest BCUT2D eigenvalue weighted by atomic mass is 32.2. The first-order chi connectivity index (χ1) is 14.3. The van der Waals surface area contributed by atoms with E-state index in [0.29, 0.717) is 22.8 Å². The Bertz CT molecular complexity index is 1020. The maximum absolute atomic E-state index is 13.0. The third-order valence-electron chi connectivity index (χ3n) is 5.64. The van der Waals surface area contributed by atoms with Gasteiger partial charge in [-0.3, -0.25) is 9.69 Å². The van der Waals surface area contributed by atoms with Gasteiger partial charge in [-0.25, -0.2) is 13.4 Å². The number of carbonyl (C=O) groups excluding carboxylic acids is 1. The average Bonchev–Trinajstić information content (AvgIpc) is 3.18. The lowest BCUT2D eigenvalue weighted by atomic mass is 10.0. The number of thioether (sulfide) groups is 1. The summed E-state index contributed by atoms with van der Waals surface area (Å²) in [7, 11) is -3.24. The molecule has 0 saturated carbocycles. The predicted octanol–water partition coefficient (Wildman–Crippen LogP) is 2.12. The van der Waals surface area contributed by atoms with Crippen LogP contribution in [0.15, 0.2) is 29.4 Å². The van der Waals surface area contributed by atoms with Gasteiger partial charge in [0.05, 0.1) is 28.6 Å². The Morgan fingerprint density at radius 2 is 1.93 bits per heavy atom. The van der Waals surface area contributed by atoms with Gasteiger partial charge >= 0.3 is 0 Å². The molecule has 1 aromatic heterocycles. The zero-order valence-corrected chi connectivity index (χ0v) is 18.0. The van der Waals surface area contributed by atoms with E-state index in [1.54, 1.807) is 24.3 Å². The van der Waals surface area contributed by atoms with E-state index in [1.165, 1.54) is 4.57 Å². The van der Waals surface area contributed by atoms with Crippen molar-refractivity contribution < 1.29 is 22.0 Å². The van der Waals surface area contributed by atoms with Crippen LogP contribution in [-0.2, 0) is 21.2 Å². The number of sulfone groups is 1. The van der Waals surface area contributed by atoms with Gasteiger partial charge in [-0.1, -0.05) is 18.6 Å². The van der Waals surface area contributed by atoms with E-state index in [0.717, 1.165) is 32.4 Å². The Kier molecular flexibility index (Phi) is 6.31. The zero-order chi connectivity index (χ0) is 21.3.